The number of aryl methyl sites for hydroxylation is 1. The Labute approximate surface area is 148 Å². The molecule has 4 nitrogen and oxygen atoms in total. The van der Waals surface area contributed by atoms with Crippen LogP contribution >= 0.6 is 11.3 Å². The molecule has 0 unspecified atom stereocenters. The van der Waals surface area contributed by atoms with Crippen molar-refractivity contribution in [2.24, 2.45) is 0 Å². The molecule has 5 heteroatoms. The van der Waals surface area contributed by atoms with Gasteiger partial charge in [-0.1, -0.05) is 18.2 Å². The molecule has 25 heavy (non-hydrogen) atoms. The van der Waals surface area contributed by atoms with E-state index in [1.807, 2.05) is 6.07 Å². The predicted octanol–water partition coefficient (Wildman–Crippen LogP) is 4.89. The zero-order chi connectivity index (χ0) is 17.4. The summed E-state index contributed by atoms with van der Waals surface area (Å²) in [6.45, 7) is 2.07. The lowest BCUT2D eigenvalue weighted by molar-refractivity contribution is 0.0690. The second-order valence-electron chi connectivity index (χ2n) is 6.04. The molecule has 0 saturated heterocycles. The molecular weight excluding hydrogens is 332 g/mol. The van der Waals surface area contributed by atoms with Crippen molar-refractivity contribution in [1.82, 2.24) is 9.97 Å². The summed E-state index contributed by atoms with van der Waals surface area (Å²) in [5.41, 5.74) is 6.47. The van der Waals surface area contributed by atoms with E-state index in [9.17, 15) is 9.90 Å². The van der Waals surface area contributed by atoms with Crippen molar-refractivity contribution < 1.29 is 9.90 Å². The predicted molar refractivity (Wildman–Crippen MR) is 100 cm³/mol. The molecule has 0 aliphatic rings. The molecule has 0 spiro atoms. The lowest BCUT2D eigenvalue weighted by Gasteiger charge is -2.05. The Hall–Kier alpha value is -2.92. The van der Waals surface area contributed by atoms with Crippen molar-refractivity contribution in [3.05, 3.63) is 75.7 Å². The zero-order valence-corrected chi connectivity index (χ0v) is 14.4. The fourth-order valence-electron chi connectivity index (χ4n) is 3.08. The van der Waals surface area contributed by atoms with Gasteiger partial charge in [-0.2, -0.15) is 11.3 Å². The van der Waals surface area contributed by atoms with Gasteiger partial charge in [0.1, 0.15) is 5.69 Å². The summed E-state index contributed by atoms with van der Waals surface area (Å²) in [6.07, 6.45) is 0.579. The van der Waals surface area contributed by atoms with Crippen molar-refractivity contribution in [3.63, 3.8) is 0 Å². The first-order valence-corrected chi connectivity index (χ1v) is 8.89. The molecule has 0 bridgehead atoms. The fourth-order valence-corrected chi connectivity index (χ4v) is 3.73. The van der Waals surface area contributed by atoms with Crippen LogP contribution in [0.15, 0.2) is 53.2 Å². The number of nitrogens with one attached hydrogen (secondary N) is 1. The van der Waals surface area contributed by atoms with Crippen LogP contribution in [0.4, 0.5) is 0 Å². The van der Waals surface area contributed by atoms with E-state index in [4.69, 9.17) is 0 Å². The average Bonchev–Trinajstić information content (AvgIpc) is 3.23. The van der Waals surface area contributed by atoms with E-state index in [0.29, 0.717) is 6.42 Å². The number of nitrogens with zero attached hydrogens (tertiary/aromatic N) is 1. The summed E-state index contributed by atoms with van der Waals surface area (Å²) < 4.78 is 0. The molecule has 4 aromatic rings. The van der Waals surface area contributed by atoms with Crippen molar-refractivity contribution in [3.8, 4) is 11.3 Å². The van der Waals surface area contributed by atoms with Crippen LogP contribution in [0.2, 0.25) is 0 Å². The highest BCUT2D eigenvalue weighted by Crippen LogP contribution is 2.33. The number of benzene rings is 1. The Morgan fingerprint density at radius 1 is 1.24 bits per heavy atom. The molecule has 1 aromatic carbocycles. The molecule has 0 aliphatic carbocycles. The molecule has 0 atom stereocenters. The Morgan fingerprint density at radius 2 is 2.12 bits per heavy atom. The number of fused-ring (bicyclic) bond motifs is 1. The Morgan fingerprint density at radius 3 is 2.88 bits per heavy atom. The monoisotopic (exact) mass is 348 g/mol. The number of aromatic nitrogens is 2. The van der Waals surface area contributed by atoms with Gasteiger partial charge in [-0.3, -0.25) is 0 Å². The van der Waals surface area contributed by atoms with Crippen LogP contribution in [0.1, 0.15) is 27.3 Å². The third kappa shape index (κ3) is 2.94. The van der Waals surface area contributed by atoms with Gasteiger partial charge in [0.2, 0.25) is 0 Å². The van der Waals surface area contributed by atoms with Gasteiger partial charge in [0.15, 0.2) is 0 Å². The standard InChI is InChI=1S/C20H16N2O2S/c1-12-5-6-15-16(10-14-3-2-4-17(21-14)20(23)24)19(22-18(15)9-12)13-7-8-25-11-13/h2-9,11,22H,10H2,1H3,(H,23,24). The summed E-state index contributed by atoms with van der Waals surface area (Å²) in [6, 6.07) is 13.6. The molecule has 4 rings (SSSR count). The van der Waals surface area contributed by atoms with E-state index in [0.717, 1.165) is 33.4 Å². The number of carboxylic acid groups (broad SMARTS) is 1. The van der Waals surface area contributed by atoms with Crippen LogP contribution in [-0.4, -0.2) is 21.0 Å². The number of carboxylic acids is 1. The van der Waals surface area contributed by atoms with Gasteiger partial charge in [0.25, 0.3) is 0 Å². The van der Waals surface area contributed by atoms with E-state index >= 15 is 0 Å². The molecule has 0 amide bonds. The molecule has 3 aromatic heterocycles. The van der Waals surface area contributed by atoms with E-state index < -0.39 is 5.97 Å². The number of pyridine rings is 1. The molecule has 124 valence electrons. The topological polar surface area (TPSA) is 66.0 Å². The summed E-state index contributed by atoms with van der Waals surface area (Å²) >= 11 is 1.66. The highest BCUT2D eigenvalue weighted by molar-refractivity contribution is 7.08. The second kappa shape index (κ2) is 6.18. The van der Waals surface area contributed by atoms with Gasteiger partial charge in [0.05, 0.1) is 5.69 Å². The van der Waals surface area contributed by atoms with Crippen molar-refractivity contribution in [2.75, 3.05) is 0 Å². The summed E-state index contributed by atoms with van der Waals surface area (Å²) in [5, 5.41) is 14.5. The van der Waals surface area contributed by atoms with E-state index in [1.54, 1.807) is 17.4 Å². The largest absolute Gasteiger partial charge is 0.477 e. The maximum atomic E-state index is 11.2. The van der Waals surface area contributed by atoms with Gasteiger partial charge < -0.3 is 10.1 Å². The molecule has 3 heterocycles. The van der Waals surface area contributed by atoms with Crippen LogP contribution in [0, 0.1) is 6.92 Å². The number of thiophene rings is 1. The Bertz CT molecular complexity index is 1060. The van der Waals surface area contributed by atoms with Crippen molar-refractivity contribution in [1.29, 1.82) is 0 Å². The highest BCUT2D eigenvalue weighted by Gasteiger charge is 2.15. The van der Waals surface area contributed by atoms with Crippen LogP contribution < -0.4 is 0 Å². The van der Waals surface area contributed by atoms with Gasteiger partial charge in [-0.25, -0.2) is 9.78 Å². The molecule has 0 radical (unpaired) electrons. The van der Waals surface area contributed by atoms with Crippen molar-refractivity contribution in [2.45, 2.75) is 13.3 Å². The number of aromatic amines is 1. The van der Waals surface area contributed by atoms with Gasteiger partial charge >= 0.3 is 5.97 Å². The minimum Gasteiger partial charge on any atom is -0.477 e. The maximum absolute atomic E-state index is 11.2. The van der Waals surface area contributed by atoms with E-state index in [2.05, 4.69) is 51.9 Å². The Balaban J connectivity index is 1.86. The number of hydrogen-bond acceptors (Lipinski definition) is 3. The van der Waals surface area contributed by atoms with Gasteiger partial charge in [-0.05, 0) is 47.7 Å². The number of aromatic carboxylic acids is 1. The highest BCUT2D eigenvalue weighted by atomic mass is 32.1. The van der Waals surface area contributed by atoms with E-state index in [-0.39, 0.29) is 5.69 Å². The van der Waals surface area contributed by atoms with Crippen LogP contribution in [0.3, 0.4) is 0 Å². The number of rotatable bonds is 4. The number of hydrogen-bond donors (Lipinski definition) is 2. The summed E-state index contributed by atoms with van der Waals surface area (Å²) in [4.78, 5) is 19.0. The third-order valence-corrected chi connectivity index (χ3v) is 4.94. The van der Waals surface area contributed by atoms with Crippen LogP contribution in [0.5, 0.6) is 0 Å². The molecule has 0 fully saturated rings. The SMILES string of the molecule is Cc1ccc2c(Cc3cccc(C(=O)O)n3)c(-c3ccsc3)[nH]c2c1. The minimum atomic E-state index is -1.01. The van der Waals surface area contributed by atoms with Crippen LogP contribution in [0.25, 0.3) is 22.2 Å². The third-order valence-electron chi connectivity index (χ3n) is 4.26. The number of H-pyrrole nitrogens is 1. The van der Waals surface area contributed by atoms with Gasteiger partial charge in [-0.15, -0.1) is 0 Å². The Kier molecular flexibility index (Phi) is 3.86. The van der Waals surface area contributed by atoms with Crippen molar-refractivity contribution >= 4 is 28.2 Å². The average molecular weight is 348 g/mol. The molecular formula is C20H16N2O2S. The fraction of sp³-hybridized carbons (Fsp3) is 0.100. The molecule has 0 aliphatic heterocycles. The number of carbonyl (C=O) groups is 1. The normalized spacial score (nSPS) is 11.1. The minimum absolute atomic E-state index is 0.0743. The van der Waals surface area contributed by atoms with Crippen LogP contribution in [-0.2, 0) is 6.42 Å². The molecule has 2 N–H and O–H groups in total. The first-order chi connectivity index (χ1) is 12.1. The maximum Gasteiger partial charge on any atom is 0.354 e. The summed E-state index contributed by atoms with van der Waals surface area (Å²) in [5.74, 6) is -1.01. The molecule has 0 saturated carbocycles. The quantitative estimate of drug-likeness (QED) is 0.552. The lowest BCUT2D eigenvalue weighted by atomic mass is 10.0. The van der Waals surface area contributed by atoms with Gasteiger partial charge in [0, 0.05) is 34.0 Å². The first-order valence-electron chi connectivity index (χ1n) is 7.95. The zero-order valence-electron chi connectivity index (χ0n) is 13.6. The smallest absolute Gasteiger partial charge is 0.354 e. The summed E-state index contributed by atoms with van der Waals surface area (Å²) in [7, 11) is 0. The van der Waals surface area contributed by atoms with E-state index in [1.165, 1.54) is 11.6 Å². The first kappa shape index (κ1) is 15.6. The second-order valence-corrected chi connectivity index (χ2v) is 6.82. The lowest BCUT2D eigenvalue weighted by Crippen LogP contribution is -2.03.